The molecule has 1 nitrogen and oxygen atoms in total. The molecular weight excluding hydrogens is 224 g/mol. The van der Waals surface area contributed by atoms with Crippen molar-refractivity contribution in [2.75, 3.05) is 6.26 Å². The molecule has 0 radical (unpaired) electrons. The van der Waals surface area contributed by atoms with Crippen LogP contribution in [0.5, 0.6) is 0 Å². The van der Waals surface area contributed by atoms with Gasteiger partial charge in [0.2, 0.25) is 0 Å². The first kappa shape index (κ1) is 11.4. The van der Waals surface area contributed by atoms with Gasteiger partial charge in [-0.2, -0.15) is 11.8 Å². The van der Waals surface area contributed by atoms with Crippen LogP contribution in [0.3, 0.4) is 0 Å². The minimum atomic E-state index is -0.282. The Hall–Kier alpha value is -0.120. The van der Waals surface area contributed by atoms with Crippen LogP contribution in [-0.4, -0.2) is 16.6 Å². The van der Waals surface area contributed by atoms with Gasteiger partial charge in [-0.15, -0.1) is 11.8 Å². The summed E-state index contributed by atoms with van der Waals surface area (Å²) in [4.78, 5) is 1.24. The molecule has 0 saturated carbocycles. The molecule has 1 aliphatic heterocycles. The van der Waals surface area contributed by atoms with E-state index >= 15 is 0 Å². The van der Waals surface area contributed by atoms with E-state index in [1.54, 1.807) is 11.8 Å². The summed E-state index contributed by atoms with van der Waals surface area (Å²) in [6, 6.07) is 6.44. The lowest BCUT2D eigenvalue weighted by molar-refractivity contribution is 0.170. The maximum Gasteiger partial charge on any atom is 0.0911 e. The van der Waals surface area contributed by atoms with Crippen LogP contribution < -0.4 is 0 Å². The summed E-state index contributed by atoms with van der Waals surface area (Å²) < 4.78 is 0. The molecule has 0 fully saturated rings. The Morgan fingerprint density at radius 3 is 3.00 bits per heavy atom. The fourth-order valence-electron chi connectivity index (χ4n) is 1.94. The van der Waals surface area contributed by atoms with Gasteiger partial charge in [-0.05, 0) is 35.9 Å². The van der Waals surface area contributed by atoms with E-state index < -0.39 is 0 Å². The lowest BCUT2D eigenvalue weighted by Crippen LogP contribution is -2.20. The normalized spacial score (nSPS) is 25.0. The third-order valence-electron chi connectivity index (χ3n) is 2.88. The van der Waals surface area contributed by atoms with E-state index in [1.807, 2.05) is 11.8 Å². The first-order valence-corrected chi connectivity index (χ1v) is 7.50. The van der Waals surface area contributed by atoms with Crippen molar-refractivity contribution in [2.24, 2.45) is 0 Å². The number of hydrogen-bond acceptors (Lipinski definition) is 3. The predicted octanol–water partition coefficient (Wildman–Crippen LogP) is 3.47. The number of thioether (sulfide) groups is 2. The molecule has 3 heteroatoms. The van der Waals surface area contributed by atoms with E-state index in [4.69, 9.17) is 0 Å². The van der Waals surface area contributed by atoms with Crippen LogP contribution in [0.4, 0.5) is 0 Å². The van der Waals surface area contributed by atoms with Gasteiger partial charge in [0.1, 0.15) is 0 Å². The Bertz CT molecular complexity index is 351. The molecular formula is C12H16OS2. The number of hydrogen-bond donors (Lipinski definition) is 1. The highest BCUT2D eigenvalue weighted by Gasteiger charge is 2.27. The van der Waals surface area contributed by atoms with Crippen LogP contribution in [-0.2, 0) is 5.75 Å². The average Bonchev–Trinajstić information content (AvgIpc) is 2.29. The zero-order valence-corrected chi connectivity index (χ0v) is 10.7. The third-order valence-corrected chi connectivity index (χ3v) is 5.10. The molecule has 1 aromatic rings. The molecule has 2 unspecified atom stereocenters. The van der Waals surface area contributed by atoms with E-state index in [0.717, 1.165) is 17.7 Å². The predicted molar refractivity (Wildman–Crippen MR) is 68.6 cm³/mol. The average molecular weight is 240 g/mol. The van der Waals surface area contributed by atoms with Crippen molar-refractivity contribution in [1.29, 1.82) is 0 Å². The SMILES string of the molecule is CCC1SCc2ccc(SC)cc2C1O. The first-order chi connectivity index (χ1) is 7.26. The molecule has 1 N–H and O–H groups in total. The Balaban J connectivity index is 2.35. The van der Waals surface area contributed by atoms with Crippen molar-refractivity contribution in [2.45, 2.75) is 35.3 Å². The fraction of sp³-hybridized carbons (Fsp3) is 0.500. The Kier molecular flexibility index (Phi) is 3.65. The summed E-state index contributed by atoms with van der Waals surface area (Å²) in [7, 11) is 0. The molecule has 1 aliphatic rings. The summed E-state index contributed by atoms with van der Waals surface area (Å²) >= 11 is 3.61. The van der Waals surface area contributed by atoms with Gasteiger partial charge in [0, 0.05) is 15.9 Å². The minimum Gasteiger partial charge on any atom is -0.387 e. The molecule has 0 spiro atoms. The van der Waals surface area contributed by atoms with Crippen molar-refractivity contribution in [3.05, 3.63) is 29.3 Å². The molecule has 0 bridgehead atoms. The van der Waals surface area contributed by atoms with Crippen LogP contribution in [0.2, 0.25) is 0 Å². The van der Waals surface area contributed by atoms with E-state index in [-0.39, 0.29) is 6.10 Å². The number of benzene rings is 1. The first-order valence-electron chi connectivity index (χ1n) is 5.22. The van der Waals surface area contributed by atoms with Gasteiger partial charge in [0.25, 0.3) is 0 Å². The molecule has 2 atom stereocenters. The summed E-state index contributed by atoms with van der Waals surface area (Å²) in [5.74, 6) is 1.04. The van der Waals surface area contributed by atoms with Gasteiger partial charge >= 0.3 is 0 Å². The van der Waals surface area contributed by atoms with Crippen LogP contribution in [0, 0.1) is 0 Å². The quantitative estimate of drug-likeness (QED) is 0.799. The van der Waals surface area contributed by atoms with Crippen LogP contribution >= 0.6 is 23.5 Å². The van der Waals surface area contributed by atoms with E-state index in [2.05, 4.69) is 31.4 Å². The third kappa shape index (κ3) is 2.19. The van der Waals surface area contributed by atoms with Gasteiger partial charge in [0.15, 0.2) is 0 Å². The maximum atomic E-state index is 10.2. The van der Waals surface area contributed by atoms with Crippen LogP contribution in [0.25, 0.3) is 0 Å². The maximum absolute atomic E-state index is 10.2. The molecule has 82 valence electrons. The number of rotatable bonds is 2. The Morgan fingerprint density at radius 2 is 2.33 bits per heavy atom. The van der Waals surface area contributed by atoms with Crippen molar-refractivity contribution < 1.29 is 5.11 Å². The second-order valence-corrected chi connectivity index (χ2v) is 5.87. The van der Waals surface area contributed by atoms with Gasteiger partial charge in [-0.1, -0.05) is 13.0 Å². The molecule has 1 aromatic carbocycles. The van der Waals surface area contributed by atoms with Crippen molar-refractivity contribution in [3.63, 3.8) is 0 Å². The molecule has 2 rings (SSSR count). The summed E-state index contributed by atoms with van der Waals surface area (Å²) in [6.07, 6.45) is 2.83. The monoisotopic (exact) mass is 240 g/mol. The minimum absolute atomic E-state index is 0.282. The number of fused-ring (bicyclic) bond motifs is 1. The van der Waals surface area contributed by atoms with Gasteiger partial charge in [-0.25, -0.2) is 0 Å². The Labute approximate surface area is 99.7 Å². The van der Waals surface area contributed by atoms with Crippen molar-refractivity contribution >= 4 is 23.5 Å². The van der Waals surface area contributed by atoms with Gasteiger partial charge in [0.05, 0.1) is 6.10 Å². The largest absolute Gasteiger partial charge is 0.387 e. The van der Waals surface area contributed by atoms with E-state index in [9.17, 15) is 5.11 Å². The molecule has 0 amide bonds. The lowest BCUT2D eigenvalue weighted by atomic mass is 9.99. The van der Waals surface area contributed by atoms with Crippen LogP contribution in [0.15, 0.2) is 23.1 Å². The molecule has 0 aromatic heterocycles. The lowest BCUT2D eigenvalue weighted by Gasteiger charge is -2.29. The van der Waals surface area contributed by atoms with E-state index in [0.29, 0.717) is 5.25 Å². The molecule has 0 saturated heterocycles. The topological polar surface area (TPSA) is 20.2 Å². The van der Waals surface area contributed by atoms with Gasteiger partial charge in [-0.3, -0.25) is 0 Å². The molecule has 1 heterocycles. The molecule has 0 aliphatic carbocycles. The second kappa shape index (κ2) is 4.81. The Morgan fingerprint density at radius 1 is 1.53 bits per heavy atom. The summed E-state index contributed by atoms with van der Waals surface area (Å²) in [6.45, 7) is 2.14. The standard InChI is InChI=1S/C12H16OS2/c1-3-11-12(13)10-6-9(14-2)5-4-8(10)7-15-11/h4-6,11-13H,3,7H2,1-2H3. The second-order valence-electron chi connectivity index (χ2n) is 3.77. The summed E-state index contributed by atoms with van der Waals surface area (Å²) in [5, 5.41) is 10.6. The fourth-order valence-corrected chi connectivity index (χ4v) is 3.61. The number of aliphatic hydroxyl groups excluding tert-OH is 1. The molecule has 15 heavy (non-hydrogen) atoms. The van der Waals surface area contributed by atoms with Crippen LogP contribution in [0.1, 0.15) is 30.6 Å². The highest BCUT2D eigenvalue weighted by molar-refractivity contribution is 7.99. The number of aliphatic hydroxyl groups is 1. The smallest absolute Gasteiger partial charge is 0.0911 e. The van der Waals surface area contributed by atoms with Gasteiger partial charge < -0.3 is 5.11 Å². The highest BCUT2D eigenvalue weighted by atomic mass is 32.2. The summed E-state index contributed by atoms with van der Waals surface area (Å²) in [5.41, 5.74) is 2.45. The highest BCUT2D eigenvalue weighted by Crippen LogP contribution is 2.40. The zero-order valence-electron chi connectivity index (χ0n) is 9.06. The van der Waals surface area contributed by atoms with Crippen molar-refractivity contribution in [3.8, 4) is 0 Å². The van der Waals surface area contributed by atoms with Crippen molar-refractivity contribution in [1.82, 2.24) is 0 Å². The zero-order chi connectivity index (χ0) is 10.8. The van der Waals surface area contributed by atoms with E-state index in [1.165, 1.54) is 10.5 Å².